The lowest BCUT2D eigenvalue weighted by atomic mass is 10.0. The molecule has 1 N–H and O–H groups in total. The molecule has 1 aliphatic carbocycles. The SMILES string of the molecule is CC1CCCN(CCCCNC2CC2)CC1. The van der Waals surface area contributed by atoms with Crippen LogP contribution in [0.1, 0.15) is 51.9 Å². The van der Waals surface area contributed by atoms with E-state index in [2.05, 4.69) is 17.1 Å². The predicted octanol–water partition coefficient (Wildman–Crippen LogP) is 2.64. The van der Waals surface area contributed by atoms with Crippen molar-refractivity contribution in [3.05, 3.63) is 0 Å². The fourth-order valence-corrected chi connectivity index (χ4v) is 2.60. The van der Waals surface area contributed by atoms with Crippen LogP contribution in [0.3, 0.4) is 0 Å². The van der Waals surface area contributed by atoms with Gasteiger partial charge < -0.3 is 10.2 Å². The largest absolute Gasteiger partial charge is 0.314 e. The van der Waals surface area contributed by atoms with Gasteiger partial charge in [0.2, 0.25) is 0 Å². The Morgan fingerprint density at radius 3 is 2.75 bits per heavy atom. The molecular weight excluding hydrogens is 196 g/mol. The smallest absolute Gasteiger partial charge is 0.00682 e. The fourth-order valence-electron chi connectivity index (χ4n) is 2.60. The highest BCUT2D eigenvalue weighted by Crippen LogP contribution is 2.19. The van der Waals surface area contributed by atoms with E-state index in [0.717, 1.165) is 12.0 Å². The lowest BCUT2D eigenvalue weighted by Crippen LogP contribution is -2.27. The van der Waals surface area contributed by atoms with Crippen LogP contribution >= 0.6 is 0 Å². The van der Waals surface area contributed by atoms with Gasteiger partial charge in [0.25, 0.3) is 0 Å². The molecule has 0 aromatic heterocycles. The third-order valence-electron chi connectivity index (χ3n) is 4.02. The molecular formula is C14H28N2. The van der Waals surface area contributed by atoms with Crippen molar-refractivity contribution in [1.82, 2.24) is 10.2 Å². The molecule has 0 amide bonds. The van der Waals surface area contributed by atoms with Crippen LogP contribution in [0.2, 0.25) is 0 Å². The summed E-state index contributed by atoms with van der Waals surface area (Å²) in [6, 6.07) is 0.888. The third kappa shape index (κ3) is 4.84. The van der Waals surface area contributed by atoms with Gasteiger partial charge in [0, 0.05) is 6.04 Å². The van der Waals surface area contributed by atoms with Gasteiger partial charge in [0.1, 0.15) is 0 Å². The summed E-state index contributed by atoms with van der Waals surface area (Å²) in [5.41, 5.74) is 0. The Labute approximate surface area is 101 Å². The van der Waals surface area contributed by atoms with Gasteiger partial charge >= 0.3 is 0 Å². The van der Waals surface area contributed by atoms with E-state index in [-0.39, 0.29) is 0 Å². The van der Waals surface area contributed by atoms with Crippen molar-refractivity contribution in [3.8, 4) is 0 Å². The standard InChI is InChI=1S/C14H28N2/c1-13-5-4-11-16(12-8-13)10-3-2-9-15-14-6-7-14/h13-15H,2-12H2,1H3. The number of nitrogens with one attached hydrogen (secondary N) is 1. The summed E-state index contributed by atoms with van der Waals surface area (Å²) in [6.07, 6.45) is 9.87. The van der Waals surface area contributed by atoms with E-state index >= 15 is 0 Å². The van der Waals surface area contributed by atoms with Gasteiger partial charge in [-0.05, 0) is 77.0 Å². The van der Waals surface area contributed by atoms with Crippen LogP contribution in [0.4, 0.5) is 0 Å². The maximum atomic E-state index is 3.60. The number of nitrogens with zero attached hydrogens (tertiary/aromatic N) is 1. The van der Waals surface area contributed by atoms with Crippen LogP contribution in [0.25, 0.3) is 0 Å². The van der Waals surface area contributed by atoms with E-state index in [1.165, 1.54) is 71.1 Å². The van der Waals surface area contributed by atoms with Gasteiger partial charge in [-0.1, -0.05) is 6.92 Å². The topological polar surface area (TPSA) is 15.3 Å². The van der Waals surface area contributed by atoms with E-state index in [9.17, 15) is 0 Å². The molecule has 1 aliphatic heterocycles. The molecule has 2 heteroatoms. The Kier molecular flexibility index (Phi) is 5.11. The summed E-state index contributed by atoms with van der Waals surface area (Å²) in [4.78, 5) is 2.68. The minimum atomic E-state index is 0.888. The predicted molar refractivity (Wildman–Crippen MR) is 69.7 cm³/mol. The molecule has 2 rings (SSSR count). The van der Waals surface area contributed by atoms with E-state index in [0.29, 0.717) is 0 Å². The fraction of sp³-hybridized carbons (Fsp3) is 1.00. The zero-order valence-corrected chi connectivity index (χ0v) is 10.9. The maximum Gasteiger partial charge on any atom is 0.00682 e. The van der Waals surface area contributed by atoms with Gasteiger partial charge in [0.05, 0.1) is 0 Å². The van der Waals surface area contributed by atoms with Gasteiger partial charge in [-0.25, -0.2) is 0 Å². The molecule has 1 atom stereocenters. The molecule has 94 valence electrons. The lowest BCUT2D eigenvalue weighted by molar-refractivity contribution is 0.275. The first-order chi connectivity index (χ1) is 7.84. The van der Waals surface area contributed by atoms with Crippen molar-refractivity contribution in [3.63, 3.8) is 0 Å². The van der Waals surface area contributed by atoms with Crippen molar-refractivity contribution >= 4 is 0 Å². The Bertz CT molecular complexity index is 189. The molecule has 1 unspecified atom stereocenters. The summed E-state index contributed by atoms with van der Waals surface area (Å²) < 4.78 is 0. The average Bonchev–Trinajstić information content (AvgIpc) is 3.07. The Hall–Kier alpha value is -0.0800. The minimum absolute atomic E-state index is 0.888. The van der Waals surface area contributed by atoms with Crippen LogP contribution in [0.5, 0.6) is 0 Å². The third-order valence-corrected chi connectivity index (χ3v) is 4.02. The second kappa shape index (κ2) is 6.61. The Morgan fingerprint density at radius 1 is 1.06 bits per heavy atom. The molecule has 1 saturated carbocycles. The van der Waals surface area contributed by atoms with Gasteiger partial charge in [-0.15, -0.1) is 0 Å². The maximum absolute atomic E-state index is 3.60. The normalized spacial score (nSPS) is 27.9. The number of hydrogen-bond acceptors (Lipinski definition) is 2. The van der Waals surface area contributed by atoms with Gasteiger partial charge in [-0.3, -0.25) is 0 Å². The van der Waals surface area contributed by atoms with Crippen molar-refractivity contribution in [1.29, 1.82) is 0 Å². The van der Waals surface area contributed by atoms with Crippen molar-refractivity contribution < 1.29 is 0 Å². The monoisotopic (exact) mass is 224 g/mol. The van der Waals surface area contributed by atoms with Crippen LogP contribution in [-0.4, -0.2) is 37.1 Å². The Morgan fingerprint density at radius 2 is 1.94 bits per heavy atom. The van der Waals surface area contributed by atoms with E-state index in [1.54, 1.807) is 0 Å². The molecule has 1 heterocycles. The molecule has 0 spiro atoms. The Balaban J connectivity index is 1.47. The van der Waals surface area contributed by atoms with E-state index < -0.39 is 0 Å². The minimum Gasteiger partial charge on any atom is -0.314 e. The first-order valence-corrected chi connectivity index (χ1v) is 7.30. The van der Waals surface area contributed by atoms with Crippen molar-refractivity contribution in [2.45, 2.75) is 57.9 Å². The highest BCUT2D eigenvalue weighted by atomic mass is 15.1. The summed E-state index contributed by atoms with van der Waals surface area (Å²) in [5, 5.41) is 3.60. The molecule has 2 fully saturated rings. The second-order valence-electron chi connectivity index (χ2n) is 5.81. The summed E-state index contributed by atoms with van der Waals surface area (Å²) >= 11 is 0. The van der Waals surface area contributed by atoms with Crippen LogP contribution in [0.15, 0.2) is 0 Å². The first kappa shape index (κ1) is 12.4. The molecule has 0 bridgehead atoms. The number of hydrogen-bond donors (Lipinski definition) is 1. The molecule has 16 heavy (non-hydrogen) atoms. The molecule has 0 radical (unpaired) electrons. The summed E-state index contributed by atoms with van der Waals surface area (Å²) in [6.45, 7) is 7.68. The summed E-state index contributed by atoms with van der Waals surface area (Å²) in [7, 11) is 0. The highest BCUT2D eigenvalue weighted by molar-refractivity contribution is 4.80. The van der Waals surface area contributed by atoms with Crippen LogP contribution in [-0.2, 0) is 0 Å². The van der Waals surface area contributed by atoms with Crippen molar-refractivity contribution in [2.24, 2.45) is 5.92 Å². The molecule has 2 aliphatic rings. The van der Waals surface area contributed by atoms with Crippen LogP contribution in [0, 0.1) is 5.92 Å². The van der Waals surface area contributed by atoms with Gasteiger partial charge in [0.15, 0.2) is 0 Å². The lowest BCUT2D eigenvalue weighted by Gasteiger charge is -2.19. The number of rotatable bonds is 6. The second-order valence-corrected chi connectivity index (χ2v) is 5.81. The zero-order valence-electron chi connectivity index (χ0n) is 10.9. The molecule has 0 aromatic rings. The first-order valence-electron chi connectivity index (χ1n) is 7.30. The van der Waals surface area contributed by atoms with E-state index in [4.69, 9.17) is 0 Å². The molecule has 2 nitrogen and oxygen atoms in total. The number of unbranched alkanes of at least 4 members (excludes halogenated alkanes) is 1. The number of likely N-dealkylation sites (tertiary alicyclic amines) is 1. The molecule has 1 saturated heterocycles. The summed E-state index contributed by atoms with van der Waals surface area (Å²) in [5.74, 6) is 0.960. The van der Waals surface area contributed by atoms with Crippen LogP contribution < -0.4 is 5.32 Å². The quantitative estimate of drug-likeness (QED) is 0.698. The highest BCUT2D eigenvalue weighted by Gasteiger charge is 2.19. The van der Waals surface area contributed by atoms with E-state index in [1.807, 2.05) is 0 Å². The molecule has 0 aromatic carbocycles. The average molecular weight is 224 g/mol. The van der Waals surface area contributed by atoms with Crippen molar-refractivity contribution in [2.75, 3.05) is 26.2 Å². The van der Waals surface area contributed by atoms with Gasteiger partial charge in [-0.2, -0.15) is 0 Å². The zero-order chi connectivity index (χ0) is 11.2.